The van der Waals surface area contributed by atoms with E-state index in [1.807, 2.05) is 0 Å². The molecule has 0 bridgehead atoms. The number of rotatable bonds is 6. The number of aromatic nitrogens is 2. The minimum atomic E-state index is -1.28. The van der Waals surface area contributed by atoms with Crippen molar-refractivity contribution in [3.05, 3.63) is 58.9 Å². The van der Waals surface area contributed by atoms with E-state index in [0.29, 0.717) is 27.6 Å². The lowest BCUT2D eigenvalue weighted by atomic mass is 9.91. The van der Waals surface area contributed by atoms with Gasteiger partial charge in [0.25, 0.3) is 5.91 Å². The average molecular weight is 443 g/mol. The Bertz CT molecular complexity index is 1150. The van der Waals surface area contributed by atoms with Gasteiger partial charge in [0.05, 0.1) is 14.2 Å². The van der Waals surface area contributed by atoms with Crippen LogP contribution in [0.5, 0.6) is 11.5 Å². The predicted molar refractivity (Wildman–Crippen MR) is 111 cm³/mol. The van der Waals surface area contributed by atoms with Crippen LogP contribution in [0.25, 0.3) is 11.5 Å². The van der Waals surface area contributed by atoms with Gasteiger partial charge in [-0.2, -0.15) is 0 Å². The molecule has 1 saturated heterocycles. The number of carbonyl (C=O) groups is 2. The molecule has 2 heterocycles. The fourth-order valence-corrected chi connectivity index (χ4v) is 3.47. The first kappa shape index (κ1) is 20.7. The molecule has 1 aliphatic heterocycles. The highest BCUT2D eigenvalue weighted by Gasteiger charge is 2.49. The van der Waals surface area contributed by atoms with E-state index in [2.05, 4.69) is 15.5 Å². The van der Waals surface area contributed by atoms with Crippen molar-refractivity contribution >= 4 is 23.5 Å². The number of ether oxygens (including phenoxy) is 2. The molecule has 3 aromatic rings. The molecule has 1 aliphatic rings. The van der Waals surface area contributed by atoms with Crippen molar-refractivity contribution in [2.75, 3.05) is 14.2 Å². The summed E-state index contributed by atoms with van der Waals surface area (Å²) in [6, 6.07) is 11.4. The first-order valence-electron chi connectivity index (χ1n) is 9.30. The van der Waals surface area contributed by atoms with Crippen LogP contribution in [-0.4, -0.2) is 41.3 Å². The van der Waals surface area contributed by atoms with Crippen LogP contribution in [0.1, 0.15) is 18.4 Å². The van der Waals surface area contributed by atoms with Crippen LogP contribution in [0.15, 0.2) is 46.9 Å². The third-order valence-electron chi connectivity index (χ3n) is 5.09. The van der Waals surface area contributed by atoms with E-state index in [1.54, 1.807) is 49.4 Å². The molecule has 4 rings (SSSR count). The number of nitrogens with one attached hydrogen (secondary N) is 1. The van der Waals surface area contributed by atoms with Gasteiger partial charge in [-0.1, -0.05) is 17.7 Å². The Balaban J connectivity index is 1.57. The molecule has 0 radical (unpaired) electrons. The molecule has 1 fully saturated rings. The van der Waals surface area contributed by atoms with Gasteiger partial charge < -0.3 is 19.2 Å². The van der Waals surface area contributed by atoms with Crippen molar-refractivity contribution in [1.29, 1.82) is 0 Å². The summed E-state index contributed by atoms with van der Waals surface area (Å²) < 4.78 is 16.2. The van der Waals surface area contributed by atoms with Crippen molar-refractivity contribution in [3.63, 3.8) is 0 Å². The van der Waals surface area contributed by atoms with Gasteiger partial charge in [-0.25, -0.2) is 4.79 Å². The van der Waals surface area contributed by atoms with Gasteiger partial charge >= 0.3 is 6.03 Å². The van der Waals surface area contributed by atoms with Crippen LogP contribution < -0.4 is 14.8 Å². The smallest absolute Gasteiger partial charge is 0.325 e. The van der Waals surface area contributed by atoms with Crippen LogP contribution in [0.3, 0.4) is 0 Å². The number of hydrogen-bond donors (Lipinski definition) is 1. The average Bonchev–Trinajstić information content (AvgIpc) is 3.33. The van der Waals surface area contributed by atoms with Crippen molar-refractivity contribution in [1.82, 2.24) is 20.4 Å². The number of urea groups is 1. The summed E-state index contributed by atoms with van der Waals surface area (Å²) in [7, 11) is 3.02. The number of benzene rings is 2. The summed E-state index contributed by atoms with van der Waals surface area (Å²) in [6.07, 6.45) is 0. The van der Waals surface area contributed by atoms with Gasteiger partial charge in [-0.05, 0) is 48.9 Å². The zero-order valence-electron chi connectivity index (χ0n) is 17.0. The third kappa shape index (κ3) is 3.68. The number of hydrogen-bond acceptors (Lipinski definition) is 7. The fraction of sp³-hybridized carbons (Fsp3) is 0.238. The molecular weight excluding hydrogens is 424 g/mol. The molecular formula is C21H19ClN4O5. The molecule has 0 spiro atoms. The van der Waals surface area contributed by atoms with Crippen molar-refractivity contribution < 1.29 is 23.5 Å². The Kier molecular flexibility index (Phi) is 5.28. The monoisotopic (exact) mass is 442 g/mol. The van der Waals surface area contributed by atoms with Gasteiger partial charge in [0.1, 0.15) is 12.1 Å². The van der Waals surface area contributed by atoms with Gasteiger partial charge in [-0.15, -0.1) is 10.2 Å². The number of nitrogens with zero attached hydrogens (tertiary/aromatic N) is 3. The van der Waals surface area contributed by atoms with E-state index in [0.717, 1.165) is 4.90 Å². The van der Waals surface area contributed by atoms with E-state index < -0.39 is 17.5 Å². The fourth-order valence-electron chi connectivity index (χ4n) is 3.35. The summed E-state index contributed by atoms with van der Waals surface area (Å²) in [4.78, 5) is 26.8. The number of amides is 3. The van der Waals surface area contributed by atoms with Gasteiger partial charge in [-0.3, -0.25) is 9.69 Å². The van der Waals surface area contributed by atoms with E-state index in [4.69, 9.17) is 25.5 Å². The maximum atomic E-state index is 13.2. The Morgan fingerprint density at radius 2 is 1.77 bits per heavy atom. The van der Waals surface area contributed by atoms with Crippen molar-refractivity contribution in [2.24, 2.45) is 0 Å². The third-order valence-corrected chi connectivity index (χ3v) is 5.34. The number of methoxy groups -OCH3 is 2. The Labute approximate surface area is 182 Å². The Morgan fingerprint density at radius 3 is 2.45 bits per heavy atom. The van der Waals surface area contributed by atoms with Crippen LogP contribution in [0.4, 0.5) is 4.79 Å². The highest BCUT2D eigenvalue weighted by molar-refractivity contribution is 6.30. The standard InChI is InChI=1S/C21H19ClN4O5/c1-21(13-6-9-15(29-2)16(10-13)30-3)19(27)26(20(28)23-21)11-17-24-25-18(31-17)12-4-7-14(22)8-5-12/h4-10H,11H2,1-3H3,(H,23,28). The van der Waals surface area contributed by atoms with Gasteiger partial charge in [0.2, 0.25) is 11.8 Å². The molecule has 1 atom stereocenters. The largest absolute Gasteiger partial charge is 0.493 e. The highest BCUT2D eigenvalue weighted by Crippen LogP contribution is 2.35. The summed E-state index contributed by atoms with van der Waals surface area (Å²) in [5, 5.41) is 11.3. The van der Waals surface area contributed by atoms with Crippen molar-refractivity contribution in [3.8, 4) is 23.0 Å². The number of carbonyl (C=O) groups excluding carboxylic acids is 2. The molecule has 1 unspecified atom stereocenters. The maximum absolute atomic E-state index is 13.2. The SMILES string of the molecule is COc1ccc(C2(C)NC(=O)N(Cc3nnc(-c4ccc(Cl)cc4)o3)C2=O)cc1OC. The van der Waals surface area contributed by atoms with E-state index in [9.17, 15) is 9.59 Å². The molecule has 10 heteroatoms. The van der Waals surface area contributed by atoms with E-state index in [-0.39, 0.29) is 18.3 Å². The second-order valence-corrected chi connectivity index (χ2v) is 7.46. The lowest BCUT2D eigenvalue weighted by Gasteiger charge is -2.23. The van der Waals surface area contributed by atoms with E-state index >= 15 is 0 Å². The number of imide groups is 1. The summed E-state index contributed by atoms with van der Waals surface area (Å²) in [5.74, 6) is 0.914. The molecule has 1 aromatic heterocycles. The lowest BCUT2D eigenvalue weighted by molar-refractivity contribution is -0.131. The topological polar surface area (TPSA) is 107 Å². The van der Waals surface area contributed by atoms with Crippen molar-refractivity contribution in [2.45, 2.75) is 19.0 Å². The quantitative estimate of drug-likeness (QED) is 0.583. The highest BCUT2D eigenvalue weighted by atomic mass is 35.5. The lowest BCUT2D eigenvalue weighted by Crippen LogP contribution is -2.40. The molecule has 2 aromatic carbocycles. The molecule has 31 heavy (non-hydrogen) atoms. The number of halogens is 1. The molecule has 9 nitrogen and oxygen atoms in total. The summed E-state index contributed by atoms with van der Waals surface area (Å²) in [5.41, 5.74) is -0.0516. The van der Waals surface area contributed by atoms with Crippen LogP contribution in [0.2, 0.25) is 5.02 Å². The first-order chi connectivity index (χ1) is 14.9. The van der Waals surface area contributed by atoms with E-state index in [1.165, 1.54) is 14.2 Å². The Morgan fingerprint density at radius 1 is 1.06 bits per heavy atom. The normalized spacial score (nSPS) is 18.3. The Hall–Kier alpha value is -3.59. The second kappa shape index (κ2) is 7.92. The molecule has 1 N–H and O–H groups in total. The minimum absolute atomic E-state index is 0.130. The summed E-state index contributed by atoms with van der Waals surface area (Å²) in [6.45, 7) is 1.47. The predicted octanol–water partition coefficient (Wildman–Crippen LogP) is 3.37. The maximum Gasteiger partial charge on any atom is 0.325 e. The summed E-state index contributed by atoms with van der Waals surface area (Å²) >= 11 is 5.89. The molecule has 160 valence electrons. The molecule has 0 aliphatic carbocycles. The van der Waals surface area contributed by atoms with Crippen LogP contribution >= 0.6 is 11.6 Å². The van der Waals surface area contributed by atoms with Gasteiger partial charge in [0, 0.05) is 10.6 Å². The van der Waals surface area contributed by atoms with Gasteiger partial charge in [0.15, 0.2) is 11.5 Å². The second-order valence-electron chi connectivity index (χ2n) is 7.02. The first-order valence-corrected chi connectivity index (χ1v) is 9.68. The molecule has 3 amide bonds. The minimum Gasteiger partial charge on any atom is -0.493 e. The zero-order chi connectivity index (χ0) is 22.2. The van der Waals surface area contributed by atoms with Crippen LogP contribution in [0, 0.1) is 0 Å². The van der Waals surface area contributed by atoms with Crippen LogP contribution in [-0.2, 0) is 16.9 Å². The zero-order valence-corrected chi connectivity index (χ0v) is 17.8. The molecule has 0 saturated carbocycles.